The van der Waals surface area contributed by atoms with Crippen molar-refractivity contribution in [2.75, 3.05) is 19.9 Å². The van der Waals surface area contributed by atoms with Crippen LogP contribution < -0.4 is 4.74 Å². The van der Waals surface area contributed by atoms with Gasteiger partial charge in [0, 0.05) is 13.6 Å². The van der Waals surface area contributed by atoms with Crippen molar-refractivity contribution < 1.29 is 13.9 Å². The molecule has 0 aliphatic carbocycles. The summed E-state index contributed by atoms with van der Waals surface area (Å²) in [6.45, 7) is 0.406. The van der Waals surface area contributed by atoms with E-state index in [0.29, 0.717) is 11.7 Å². The van der Waals surface area contributed by atoms with Gasteiger partial charge in [0.05, 0.1) is 18.6 Å². The van der Waals surface area contributed by atoms with Crippen LogP contribution in [0.4, 0.5) is 4.39 Å². The quantitative estimate of drug-likeness (QED) is 0.580. The van der Waals surface area contributed by atoms with Crippen molar-refractivity contribution in [2.24, 2.45) is 0 Å². The van der Waals surface area contributed by atoms with Gasteiger partial charge in [-0.05, 0) is 52.4 Å². The molecule has 0 N–H and O–H groups in total. The van der Waals surface area contributed by atoms with Gasteiger partial charge in [-0.25, -0.2) is 4.39 Å². The highest BCUT2D eigenvalue weighted by Crippen LogP contribution is 2.20. The second kappa shape index (κ2) is 8.63. The van der Waals surface area contributed by atoms with Crippen molar-refractivity contribution in [1.82, 2.24) is 25.1 Å². The van der Waals surface area contributed by atoms with Crippen LogP contribution in [0.3, 0.4) is 0 Å². The number of benzene rings is 2. The number of hydrogen-bond donors (Lipinski definition) is 0. The van der Waals surface area contributed by atoms with Crippen molar-refractivity contribution in [3.05, 3.63) is 59.9 Å². The Morgan fingerprint density at radius 2 is 1.89 bits per heavy atom. The summed E-state index contributed by atoms with van der Waals surface area (Å²) in [5.74, 6) is 0.551. The van der Waals surface area contributed by atoms with Crippen molar-refractivity contribution >= 4 is 17.7 Å². The fourth-order valence-corrected chi connectivity index (χ4v) is 3.17. The number of thioether (sulfide) groups is 1. The number of nitrogens with zero attached hydrogens (tertiary/aromatic N) is 5. The van der Waals surface area contributed by atoms with E-state index in [0.717, 1.165) is 17.0 Å². The fraction of sp³-hybridized carbons (Fsp3) is 0.222. The first-order valence-electron chi connectivity index (χ1n) is 8.11. The molecule has 0 spiro atoms. The summed E-state index contributed by atoms with van der Waals surface area (Å²) in [5, 5.41) is 12.2. The summed E-state index contributed by atoms with van der Waals surface area (Å²) < 4.78 is 19.7. The van der Waals surface area contributed by atoms with Gasteiger partial charge in [-0.3, -0.25) is 4.79 Å². The lowest BCUT2D eigenvalue weighted by molar-refractivity contribution is -0.127. The highest BCUT2D eigenvalue weighted by atomic mass is 32.2. The number of methoxy groups -OCH3 is 1. The van der Waals surface area contributed by atoms with Crippen molar-refractivity contribution in [3.8, 4) is 11.4 Å². The molecule has 0 aliphatic heterocycles. The smallest absolute Gasteiger partial charge is 0.233 e. The summed E-state index contributed by atoms with van der Waals surface area (Å²) in [6, 6.07) is 13.4. The van der Waals surface area contributed by atoms with Gasteiger partial charge in [0.2, 0.25) is 11.1 Å². The standard InChI is InChI=1S/C18H18FN5O2S/c1-23(11-13-3-5-14(19)6-4-13)17(25)12-27-18-20-21-22-24(18)15-7-9-16(26-2)10-8-15/h3-10H,11-12H2,1-2H3. The number of rotatable bonds is 7. The highest BCUT2D eigenvalue weighted by molar-refractivity contribution is 7.99. The van der Waals surface area contributed by atoms with Crippen molar-refractivity contribution in [3.63, 3.8) is 0 Å². The summed E-state index contributed by atoms with van der Waals surface area (Å²) in [4.78, 5) is 14.0. The number of carbonyl (C=O) groups excluding carboxylic acids is 1. The fourth-order valence-electron chi connectivity index (χ4n) is 2.34. The van der Waals surface area contributed by atoms with Crippen LogP contribution in [0.2, 0.25) is 0 Å². The maximum Gasteiger partial charge on any atom is 0.233 e. The van der Waals surface area contributed by atoms with E-state index in [1.807, 2.05) is 24.3 Å². The second-order valence-corrected chi connectivity index (χ2v) is 6.68. The highest BCUT2D eigenvalue weighted by Gasteiger charge is 2.14. The van der Waals surface area contributed by atoms with Gasteiger partial charge in [-0.1, -0.05) is 23.9 Å². The van der Waals surface area contributed by atoms with Gasteiger partial charge >= 0.3 is 0 Å². The van der Waals surface area contributed by atoms with Gasteiger partial charge in [0.25, 0.3) is 0 Å². The zero-order chi connectivity index (χ0) is 19.2. The maximum atomic E-state index is 13.0. The minimum absolute atomic E-state index is 0.0754. The van der Waals surface area contributed by atoms with Gasteiger partial charge in [0.15, 0.2) is 0 Å². The Morgan fingerprint density at radius 3 is 2.56 bits per heavy atom. The Morgan fingerprint density at radius 1 is 1.19 bits per heavy atom. The summed E-state index contributed by atoms with van der Waals surface area (Å²) in [5.41, 5.74) is 1.63. The summed E-state index contributed by atoms with van der Waals surface area (Å²) >= 11 is 1.25. The lowest BCUT2D eigenvalue weighted by Crippen LogP contribution is -2.27. The second-order valence-electron chi connectivity index (χ2n) is 5.74. The Bertz CT molecular complexity index is 899. The lowest BCUT2D eigenvalue weighted by Gasteiger charge is -2.17. The molecule has 7 nitrogen and oxygen atoms in total. The van der Waals surface area contributed by atoms with E-state index in [-0.39, 0.29) is 17.5 Å². The molecule has 27 heavy (non-hydrogen) atoms. The molecule has 0 unspecified atom stereocenters. The largest absolute Gasteiger partial charge is 0.497 e. The van der Waals surface area contributed by atoms with Crippen LogP contribution in [0.5, 0.6) is 5.75 Å². The van der Waals surface area contributed by atoms with Gasteiger partial charge in [-0.2, -0.15) is 4.68 Å². The third-order valence-electron chi connectivity index (χ3n) is 3.84. The number of amides is 1. The minimum atomic E-state index is -0.298. The van der Waals surface area contributed by atoms with Crippen LogP contribution in [0.25, 0.3) is 5.69 Å². The lowest BCUT2D eigenvalue weighted by atomic mass is 10.2. The zero-order valence-electron chi connectivity index (χ0n) is 14.9. The molecule has 1 heterocycles. The first-order valence-corrected chi connectivity index (χ1v) is 9.09. The average Bonchev–Trinajstić information content (AvgIpc) is 3.16. The van der Waals surface area contributed by atoms with Gasteiger partial charge in [-0.15, -0.1) is 5.10 Å². The third kappa shape index (κ3) is 4.82. The van der Waals surface area contributed by atoms with Crippen LogP contribution in [0.15, 0.2) is 53.7 Å². The molecule has 1 aromatic heterocycles. The van der Waals surface area contributed by atoms with E-state index in [2.05, 4.69) is 15.5 Å². The van der Waals surface area contributed by atoms with Crippen LogP contribution in [-0.4, -0.2) is 50.9 Å². The average molecular weight is 387 g/mol. The molecule has 3 aromatic rings. The zero-order valence-corrected chi connectivity index (χ0v) is 15.7. The molecule has 0 atom stereocenters. The van der Waals surface area contributed by atoms with E-state index in [9.17, 15) is 9.18 Å². The molecular formula is C18H18FN5O2S. The van der Waals surface area contributed by atoms with E-state index < -0.39 is 0 Å². The Labute approximate surface area is 160 Å². The molecule has 0 fully saturated rings. The molecule has 0 saturated carbocycles. The monoisotopic (exact) mass is 387 g/mol. The molecule has 2 aromatic carbocycles. The van der Waals surface area contributed by atoms with Crippen molar-refractivity contribution in [2.45, 2.75) is 11.7 Å². The molecule has 9 heteroatoms. The summed E-state index contributed by atoms with van der Waals surface area (Å²) in [6.07, 6.45) is 0. The first-order chi connectivity index (χ1) is 13.1. The predicted molar refractivity (Wildman–Crippen MR) is 99.3 cm³/mol. The first kappa shape index (κ1) is 18.8. The Hall–Kier alpha value is -2.94. The molecule has 0 aliphatic rings. The number of tetrazole rings is 1. The number of aromatic nitrogens is 4. The number of carbonyl (C=O) groups is 1. The molecule has 3 rings (SSSR count). The molecular weight excluding hydrogens is 369 g/mol. The van der Waals surface area contributed by atoms with Crippen LogP contribution in [0, 0.1) is 5.82 Å². The third-order valence-corrected chi connectivity index (χ3v) is 4.75. The molecule has 0 saturated heterocycles. The van der Waals surface area contributed by atoms with E-state index in [1.54, 1.807) is 35.9 Å². The van der Waals surface area contributed by atoms with Gasteiger partial charge < -0.3 is 9.64 Å². The minimum Gasteiger partial charge on any atom is -0.497 e. The molecule has 1 amide bonds. The van der Waals surface area contributed by atoms with Crippen LogP contribution in [-0.2, 0) is 11.3 Å². The van der Waals surface area contributed by atoms with Crippen LogP contribution >= 0.6 is 11.8 Å². The maximum absolute atomic E-state index is 13.0. The van der Waals surface area contributed by atoms with E-state index in [1.165, 1.54) is 23.9 Å². The van der Waals surface area contributed by atoms with Crippen molar-refractivity contribution in [1.29, 1.82) is 0 Å². The summed E-state index contributed by atoms with van der Waals surface area (Å²) in [7, 11) is 3.31. The Balaban J connectivity index is 1.60. The molecule has 140 valence electrons. The number of ether oxygens (including phenoxy) is 1. The van der Waals surface area contributed by atoms with E-state index >= 15 is 0 Å². The Kier molecular flexibility index (Phi) is 6.02. The van der Waals surface area contributed by atoms with E-state index in [4.69, 9.17) is 4.74 Å². The number of halogens is 1. The van der Waals surface area contributed by atoms with Gasteiger partial charge in [0.1, 0.15) is 11.6 Å². The van der Waals surface area contributed by atoms with Crippen LogP contribution in [0.1, 0.15) is 5.56 Å². The molecule has 0 radical (unpaired) electrons. The normalized spacial score (nSPS) is 10.6. The number of hydrogen-bond acceptors (Lipinski definition) is 6. The molecule has 0 bridgehead atoms. The topological polar surface area (TPSA) is 73.1 Å². The predicted octanol–water partition coefficient (Wildman–Crippen LogP) is 2.56. The SMILES string of the molecule is COc1ccc(-n2nnnc2SCC(=O)N(C)Cc2ccc(F)cc2)cc1.